The smallest absolute Gasteiger partial charge is 0.279 e. The van der Waals surface area contributed by atoms with Crippen LogP contribution in [0.3, 0.4) is 0 Å². The van der Waals surface area contributed by atoms with Gasteiger partial charge in [0.25, 0.3) is 5.91 Å². The molecule has 0 spiro atoms. The average Bonchev–Trinajstić information content (AvgIpc) is 3.41. The molecule has 32 heavy (non-hydrogen) atoms. The minimum absolute atomic E-state index is 0.207. The molecule has 0 saturated carbocycles. The number of aryl methyl sites for hydroxylation is 2. The van der Waals surface area contributed by atoms with E-state index in [4.69, 9.17) is 4.74 Å². The molecule has 3 aromatic rings. The molecule has 0 radical (unpaired) electrons. The summed E-state index contributed by atoms with van der Waals surface area (Å²) in [6.07, 6.45) is 1.76. The largest absolute Gasteiger partial charge is 0.383 e. The van der Waals surface area contributed by atoms with E-state index < -0.39 is 15.9 Å². The molecule has 0 unspecified atom stereocenters. The third-order valence-corrected chi connectivity index (χ3v) is 8.57. The number of rotatable bonds is 6. The van der Waals surface area contributed by atoms with Gasteiger partial charge in [-0.2, -0.15) is 9.30 Å². The number of nitrogens with zero attached hydrogens (tertiary/aromatic N) is 3. The van der Waals surface area contributed by atoms with Crippen LogP contribution >= 0.6 is 11.3 Å². The fourth-order valence-electron chi connectivity index (χ4n) is 4.07. The van der Waals surface area contributed by atoms with E-state index in [1.165, 1.54) is 39.9 Å². The molecule has 0 aliphatic carbocycles. The summed E-state index contributed by atoms with van der Waals surface area (Å²) in [5.41, 5.74) is 3.69. The Hall–Kier alpha value is -2.33. The SMILES string of the molecule is COCCn1c(=NC(=O)c2ccc(S(=O)(=O)N3CCCC3)cc2)sc2cc(C)cc(C)c21. The minimum atomic E-state index is -3.51. The first-order valence-corrected chi connectivity index (χ1v) is 12.9. The predicted molar refractivity (Wildman–Crippen MR) is 125 cm³/mol. The Morgan fingerprint density at radius 3 is 2.47 bits per heavy atom. The fraction of sp³-hybridized carbons (Fsp3) is 0.391. The van der Waals surface area contributed by atoms with Gasteiger partial charge in [0, 0.05) is 32.3 Å². The molecular formula is C23H27N3O4S2. The van der Waals surface area contributed by atoms with E-state index in [0.717, 1.165) is 34.2 Å². The standard InChI is InChI=1S/C23H27N3O4S2/c1-16-14-17(2)21-20(15-16)31-23(26(21)12-13-30-3)24-22(27)18-6-8-19(9-7-18)32(28,29)25-10-4-5-11-25/h6-9,14-15H,4-5,10-13H2,1-3H3. The van der Waals surface area contributed by atoms with Crippen LogP contribution in [0.1, 0.15) is 34.3 Å². The van der Waals surface area contributed by atoms with Gasteiger partial charge < -0.3 is 9.30 Å². The van der Waals surface area contributed by atoms with Gasteiger partial charge >= 0.3 is 0 Å². The molecule has 0 N–H and O–H groups in total. The van der Waals surface area contributed by atoms with Gasteiger partial charge in [-0.1, -0.05) is 17.4 Å². The molecule has 1 fully saturated rings. The number of carbonyl (C=O) groups is 1. The Morgan fingerprint density at radius 2 is 1.81 bits per heavy atom. The van der Waals surface area contributed by atoms with E-state index in [2.05, 4.69) is 24.0 Å². The summed E-state index contributed by atoms with van der Waals surface area (Å²) in [5, 5.41) is 0. The molecule has 2 aromatic carbocycles. The number of thiazole rings is 1. The van der Waals surface area contributed by atoms with Crippen LogP contribution in [0.4, 0.5) is 0 Å². The zero-order chi connectivity index (χ0) is 22.9. The highest BCUT2D eigenvalue weighted by Gasteiger charge is 2.27. The van der Waals surface area contributed by atoms with E-state index in [9.17, 15) is 13.2 Å². The lowest BCUT2D eigenvalue weighted by molar-refractivity contribution is 0.0997. The number of hydrogen-bond donors (Lipinski definition) is 0. The number of fused-ring (bicyclic) bond motifs is 1. The molecule has 9 heteroatoms. The third-order valence-electron chi connectivity index (χ3n) is 5.63. The first-order valence-electron chi connectivity index (χ1n) is 10.6. The quantitative estimate of drug-likeness (QED) is 0.549. The van der Waals surface area contributed by atoms with Crippen molar-refractivity contribution < 1.29 is 17.9 Å². The predicted octanol–water partition coefficient (Wildman–Crippen LogP) is 3.49. The van der Waals surface area contributed by atoms with Gasteiger partial charge in [0.2, 0.25) is 10.0 Å². The van der Waals surface area contributed by atoms with E-state index >= 15 is 0 Å². The number of ether oxygens (including phenoxy) is 1. The number of benzene rings is 2. The average molecular weight is 474 g/mol. The summed E-state index contributed by atoms with van der Waals surface area (Å²) >= 11 is 1.47. The Bertz CT molecular complexity index is 1320. The van der Waals surface area contributed by atoms with Crippen molar-refractivity contribution in [3.05, 3.63) is 57.9 Å². The summed E-state index contributed by atoms with van der Waals surface area (Å²) in [6, 6.07) is 10.3. The Kier molecular flexibility index (Phi) is 6.62. The third kappa shape index (κ3) is 4.43. The number of sulfonamides is 1. The number of aromatic nitrogens is 1. The molecule has 1 saturated heterocycles. The summed E-state index contributed by atoms with van der Waals surface area (Å²) in [7, 11) is -1.86. The van der Waals surface area contributed by atoms with Crippen molar-refractivity contribution in [3.63, 3.8) is 0 Å². The molecule has 1 aliphatic rings. The first-order chi connectivity index (χ1) is 15.3. The summed E-state index contributed by atoms with van der Waals surface area (Å²) in [6.45, 7) is 6.28. The molecule has 0 bridgehead atoms. The van der Waals surface area contributed by atoms with Crippen molar-refractivity contribution in [1.29, 1.82) is 0 Å². The highest BCUT2D eigenvalue weighted by molar-refractivity contribution is 7.89. The van der Waals surface area contributed by atoms with Crippen LogP contribution in [-0.4, -0.2) is 50.0 Å². The Balaban J connectivity index is 1.69. The number of amides is 1. The summed E-state index contributed by atoms with van der Waals surface area (Å²) in [4.78, 5) is 18.1. The van der Waals surface area contributed by atoms with E-state index in [0.29, 0.717) is 36.6 Å². The molecule has 170 valence electrons. The highest BCUT2D eigenvalue weighted by Crippen LogP contribution is 2.24. The van der Waals surface area contributed by atoms with Gasteiger partial charge in [-0.25, -0.2) is 8.42 Å². The molecular weight excluding hydrogens is 446 g/mol. The van der Waals surface area contributed by atoms with Crippen LogP contribution < -0.4 is 4.80 Å². The molecule has 4 rings (SSSR count). The van der Waals surface area contributed by atoms with Crippen LogP contribution in [0.15, 0.2) is 46.3 Å². The van der Waals surface area contributed by atoms with E-state index in [-0.39, 0.29) is 4.90 Å². The normalized spacial score (nSPS) is 15.7. The van der Waals surface area contributed by atoms with Crippen molar-refractivity contribution in [2.45, 2.75) is 38.1 Å². The van der Waals surface area contributed by atoms with E-state index in [1.54, 1.807) is 7.11 Å². The highest BCUT2D eigenvalue weighted by atomic mass is 32.2. The first kappa shape index (κ1) is 22.8. The van der Waals surface area contributed by atoms with Crippen LogP contribution in [0.25, 0.3) is 10.2 Å². The Labute approximate surface area is 192 Å². The topological polar surface area (TPSA) is 81.0 Å². The van der Waals surface area contributed by atoms with Crippen molar-refractivity contribution in [2.75, 3.05) is 26.8 Å². The van der Waals surface area contributed by atoms with Crippen molar-refractivity contribution >= 4 is 37.5 Å². The van der Waals surface area contributed by atoms with Crippen molar-refractivity contribution in [3.8, 4) is 0 Å². The van der Waals surface area contributed by atoms with E-state index in [1.807, 2.05) is 11.5 Å². The Morgan fingerprint density at radius 1 is 1.12 bits per heavy atom. The molecule has 1 aromatic heterocycles. The van der Waals surface area contributed by atoms with Crippen molar-refractivity contribution in [2.24, 2.45) is 4.99 Å². The van der Waals surface area contributed by atoms with Gasteiger partial charge in [0.1, 0.15) is 0 Å². The molecule has 1 aliphatic heterocycles. The van der Waals surface area contributed by atoms with Gasteiger partial charge in [0.05, 0.1) is 21.7 Å². The van der Waals surface area contributed by atoms with Gasteiger partial charge in [-0.3, -0.25) is 4.79 Å². The van der Waals surface area contributed by atoms with Gasteiger partial charge in [0.15, 0.2) is 4.80 Å². The number of hydrogen-bond acceptors (Lipinski definition) is 5. The van der Waals surface area contributed by atoms with Crippen LogP contribution in [0.5, 0.6) is 0 Å². The number of carbonyl (C=O) groups excluding carboxylic acids is 1. The maximum Gasteiger partial charge on any atom is 0.279 e. The number of methoxy groups -OCH3 is 1. The van der Waals surface area contributed by atoms with Crippen LogP contribution in [0, 0.1) is 13.8 Å². The second-order valence-corrected chi connectivity index (χ2v) is 11.0. The molecule has 1 amide bonds. The minimum Gasteiger partial charge on any atom is -0.383 e. The summed E-state index contributed by atoms with van der Waals surface area (Å²) < 4.78 is 35.3. The fourth-order valence-corrected chi connectivity index (χ4v) is 6.81. The van der Waals surface area contributed by atoms with Crippen LogP contribution in [-0.2, 0) is 21.3 Å². The van der Waals surface area contributed by atoms with Crippen molar-refractivity contribution in [1.82, 2.24) is 8.87 Å². The molecule has 2 heterocycles. The lowest BCUT2D eigenvalue weighted by atomic mass is 10.1. The van der Waals surface area contributed by atoms with Gasteiger partial charge in [-0.05, 0) is 68.1 Å². The zero-order valence-corrected chi connectivity index (χ0v) is 20.1. The summed E-state index contributed by atoms with van der Waals surface area (Å²) in [5.74, 6) is -0.401. The lowest BCUT2D eigenvalue weighted by Gasteiger charge is -2.15. The van der Waals surface area contributed by atoms with Gasteiger partial charge in [-0.15, -0.1) is 0 Å². The molecule has 7 nitrogen and oxygen atoms in total. The second kappa shape index (κ2) is 9.27. The zero-order valence-electron chi connectivity index (χ0n) is 18.5. The maximum atomic E-state index is 12.9. The second-order valence-electron chi connectivity index (χ2n) is 8.01. The molecule has 0 atom stereocenters. The van der Waals surface area contributed by atoms with Crippen LogP contribution in [0.2, 0.25) is 0 Å². The monoisotopic (exact) mass is 473 g/mol. The maximum absolute atomic E-state index is 12.9. The lowest BCUT2D eigenvalue weighted by Crippen LogP contribution is -2.27.